The predicted molar refractivity (Wildman–Crippen MR) is 75.9 cm³/mol. The third kappa shape index (κ3) is 6.97. The van der Waals surface area contributed by atoms with Crippen molar-refractivity contribution in [3.63, 3.8) is 0 Å². The van der Waals surface area contributed by atoms with Crippen molar-refractivity contribution in [2.75, 3.05) is 20.1 Å². The van der Waals surface area contributed by atoms with Gasteiger partial charge in [0, 0.05) is 12.6 Å². The lowest BCUT2D eigenvalue weighted by molar-refractivity contribution is -0.144. The van der Waals surface area contributed by atoms with Gasteiger partial charge in [0.2, 0.25) is 0 Å². The molecule has 0 spiro atoms. The Kier molecular flexibility index (Phi) is 7.48. The van der Waals surface area contributed by atoms with E-state index >= 15 is 0 Å². The van der Waals surface area contributed by atoms with Gasteiger partial charge in [-0.2, -0.15) is 0 Å². The molecule has 0 aromatic carbocycles. The summed E-state index contributed by atoms with van der Waals surface area (Å²) < 4.78 is 0. The molecule has 4 nitrogen and oxygen atoms in total. The largest absolute Gasteiger partial charge is 0.480 e. The van der Waals surface area contributed by atoms with Gasteiger partial charge in [0.15, 0.2) is 0 Å². The Morgan fingerprint density at radius 1 is 1.28 bits per heavy atom. The fraction of sp³-hybridized carbons (Fsp3) is 0.929. The summed E-state index contributed by atoms with van der Waals surface area (Å²) in [7, 11) is 2.06. The normalized spacial score (nSPS) is 15.4. The van der Waals surface area contributed by atoms with Crippen LogP contribution >= 0.6 is 0 Å². The number of carboxylic acid groups (broad SMARTS) is 1. The lowest BCUT2D eigenvalue weighted by atomic mass is 9.96. The summed E-state index contributed by atoms with van der Waals surface area (Å²) in [5, 5.41) is 12.5. The van der Waals surface area contributed by atoms with E-state index in [4.69, 9.17) is 0 Å². The molecule has 0 radical (unpaired) electrons. The average Bonchev–Trinajstić information content (AvgIpc) is 2.22. The molecule has 108 valence electrons. The molecule has 0 bridgehead atoms. The quantitative estimate of drug-likeness (QED) is 0.665. The summed E-state index contributed by atoms with van der Waals surface area (Å²) in [6.45, 7) is 12.0. The predicted octanol–water partition coefficient (Wildman–Crippen LogP) is 2.20. The lowest BCUT2D eigenvalue weighted by Gasteiger charge is -2.30. The van der Waals surface area contributed by atoms with Gasteiger partial charge in [0.25, 0.3) is 0 Å². The van der Waals surface area contributed by atoms with E-state index in [-0.39, 0.29) is 6.04 Å². The molecule has 2 N–H and O–H groups in total. The van der Waals surface area contributed by atoms with Crippen LogP contribution in [-0.2, 0) is 4.79 Å². The summed E-state index contributed by atoms with van der Waals surface area (Å²) >= 11 is 0. The highest BCUT2D eigenvalue weighted by atomic mass is 16.4. The van der Waals surface area contributed by atoms with E-state index in [1.165, 1.54) is 0 Å². The Morgan fingerprint density at radius 3 is 2.22 bits per heavy atom. The smallest absolute Gasteiger partial charge is 0.323 e. The van der Waals surface area contributed by atoms with Crippen LogP contribution in [0.4, 0.5) is 0 Å². The molecule has 0 fully saturated rings. The highest BCUT2D eigenvalue weighted by Crippen LogP contribution is 2.12. The fourth-order valence-corrected chi connectivity index (χ4v) is 1.88. The van der Waals surface area contributed by atoms with E-state index in [1.54, 1.807) is 6.92 Å². The maximum absolute atomic E-state index is 11.4. The van der Waals surface area contributed by atoms with Gasteiger partial charge < -0.3 is 10.0 Å². The number of rotatable bonds is 9. The molecular formula is C14H30N2O2. The van der Waals surface area contributed by atoms with E-state index in [9.17, 15) is 9.90 Å². The molecule has 0 heterocycles. The number of aliphatic carboxylic acids is 1. The zero-order valence-corrected chi connectivity index (χ0v) is 12.8. The number of hydrogen-bond acceptors (Lipinski definition) is 3. The van der Waals surface area contributed by atoms with Gasteiger partial charge in [0.1, 0.15) is 5.54 Å². The van der Waals surface area contributed by atoms with Gasteiger partial charge >= 0.3 is 5.97 Å². The maximum atomic E-state index is 11.4. The molecule has 0 saturated heterocycles. The molecule has 18 heavy (non-hydrogen) atoms. The van der Waals surface area contributed by atoms with Crippen LogP contribution in [-0.4, -0.2) is 47.7 Å². The second kappa shape index (κ2) is 7.74. The van der Waals surface area contributed by atoms with Crippen molar-refractivity contribution >= 4 is 5.97 Å². The Balaban J connectivity index is 4.23. The monoisotopic (exact) mass is 258 g/mol. The molecular weight excluding hydrogens is 228 g/mol. The Labute approximate surface area is 112 Å². The number of nitrogens with zero attached hydrogens (tertiary/aromatic N) is 1. The van der Waals surface area contributed by atoms with Crippen molar-refractivity contribution in [1.82, 2.24) is 10.2 Å². The molecule has 0 aliphatic carbocycles. The molecule has 0 aliphatic heterocycles. The van der Waals surface area contributed by atoms with Gasteiger partial charge in [-0.25, -0.2) is 0 Å². The minimum Gasteiger partial charge on any atom is -0.480 e. The SMILES string of the molecule is CC(C)CCN(C)CCC(C)(NC(C)C)C(=O)O. The second-order valence-electron chi connectivity index (χ2n) is 6.17. The van der Waals surface area contributed by atoms with Crippen LogP contribution in [0.1, 0.15) is 47.5 Å². The van der Waals surface area contributed by atoms with E-state index in [2.05, 4.69) is 31.1 Å². The van der Waals surface area contributed by atoms with Gasteiger partial charge in [-0.15, -0.1) is 0 Å². The maximum Gasteiger partial charge on any atom is 0.323 e. The van der Waals surface area contributed by atoms with Gasteiger partial charge in [0.05, 0.1) is 0 Å². The zero-order valence-electron chi connectivity index (χ0n) is 12.8. The van der Waals surface area contributed by atoms with Crippen molar-refractivity contribution in [2.24, 2.45) is 5.92 Å². The van der Waals surface area contributed by atoms with Crippen LogP contribution in [0, 0.1) is 5.92 Å². The number of carbonyl (C=O) groups is 1. The van der Waals surface area contributed by atoms with Crippen LogP contribution in [0.25, 0.3) is 0 Å². The van der Waals surface area contributed by atoms with Crippen molar-refractivity contribution < 1.29 is 9.90 Å². The van der Waals surface area contributed by atoms with Crippen LogP contribution in [0.15, 0.2) is 0 Å². The van der Waals surface area contributed by atoms with Crippen LogP contribution in [0.3, 0.4) is 0 Å². The van der Waals surface area contributed by atoms with Gasteiger partial charge in [-0.05, 0) is 53.1 Å². The summed E-state index contributed by atoms with van der Waals surface area (Å²) in [5.41, 5.74) is -0.833. The van der Waals surface area contributed by atoms with Crippen molar-refractivity contribution in [3.8, 4) is 0 Å². The third-order valence-corrected chi connectivity index (χ3v) is 3.16. The molecule has 0 aromatic rings. The van der Waals surface area contributed by atoms with E-state index in [0.29, 0.717) is 12.3 Å². The Morgan fingerprint density at radius 2 is 1.83 bits per heavy atom. The van der Waals surface area contributed by atoms with Gasteiger partial charge in [-0.1, -0.05) is 13.8 Å². The average molecular weight is 258 g/mol. The second-order valence-corrected chi connectivity index (χ2v) is 6.17. The molecule has 0 rings (SSSR count). The van der Waals surface area contributed by atoms with Gasteiger partial charge in [-0.3, -0.25) is 10.1 Å². The molecule has 1 unspecified atom stereocenters. The van der Waals surface area contributed by atoms with Crippen LogP contribution in [0.5, 0.6) is 0 Å². The van der Waals surface area contributed by atoms with E-state index < -0.39 is 11.5 Å². The Hall–Kier alpha value is -0.610. The van der Waals surface area contributed by atoms with E-state index in [0.717, 1.165) is 19.5 Å². The Bertz CT molecular complexity index is 254. The molecule has 0 aliphatic rings. The first kappa shape index (κ1) is 17.4. The van der Waals surface area contributed by atoms with Crippen molar-refractivity contribution in [1.29, 1.82) is 0 Å². The molecule has 0 saturated carbocycles. The molecule has 4 heteroatoms. The topological polar surface area (TPSA) is 52.6 Å². The third-order valence-electron chi connectivity index (χ3n) is 3.16. The summed E-state index contributed by atoms with van der Waals surface area (Å²) in [4.78, 5) is 13.6. The number of hydrogen-bond donors (Lipinski definition) is 2. The zero-order chi connectivity index (χ0) is 14.3. The first-order valence-electron chi connectivity index (χ1n) is 6.87. The standard InChI is InChI=1S/C14H30N2O2/c1-11(2)7-9-16(6)10-8-14(5,13(17)18)15-12(3)4/h11-12,15H,7-10H2,1-6H3,(H,17,18). The van der Waals surface area contributed by atoms with Crippen molar-refractivity contribution in [3.05, 3.63) is 0 Å². The van der Waals surface area contributed by atoms with E-state index in [1.807, 2.05) is 13.8 Å². The highest BCUT2D eigenvalue weighted by molar-refractivity contribution is 5.78. The van der Waals surface area contributed by atoms with Crippen LogP contribution < -0.4 is 5.32 Å². The fourth-order valence-electron chi connectivity index (χ4n) is 1.88. The number of carboxylic acids is 1. The highest BCUT2D eigenvalue weighted by Gasteiger charge is 2.33. The molecule has 1 atom stereocenters. The minimum atomic E-state index is -0.833. The summed E-state index contributed by atoms with van der Waals surface area (Å²) in [5.74, 6) is -0.0828. The summed E-state index contributed by atoms with van der Waals surface area (Å²) in [6, 6.07) is 0.173. The summed E-state index contributed by atoms with van der Waals surface area (Å²) in [6.07, 6.45) is 1.77. The van der Waals surface area contributed by atoms with Crippen LogP contribution in [0.2, 0.25) is 0 Å². The lowest BCUT2D eigenvalue weighted by Crippen LogP contribution is -2.53. The molecule has 0 amide bonds. The number of nitrogens with one attached hydrogen (secondary N) is 1. The minimum absolute atomic E-state index is 0.173. The van der Waals surface area contributed by atoms with Crippen molar-refractivity contribution in [2.45, 2.75) is 59.0 Å². The first-order valence-corrected chi connectivity index (χ1v) is 6.87. The molecule has 0 aromatic heterocycles. The first-order chi connectivity index (χ1) is 8.17.